The number of thiazole rings is 1. The third kappa shape index (κ3) is 2.20. The Morgan fingerprint density at radius 1 is 1.33 bits per heavy atom. The largest absolute Gasteiger partial charge is 0.241 e. The van der Waals surface area contributed by atoms with Gasteiger partial charge in [0.1, 0.15) is 0 Å². The maximum absolute atomic E-state index is 4.62. The fraction of sp³-hybridized carbons (Fsp3) is 0.462. The normalized spacial score (nSPS) is 11.5. The topological polar surface area (TPSA) is 12.9 Å². The molecule has 1 nitrogen and oxygen atoms in total. The third-order valence-electron chi connectivity index (χ3n) is 2.59. The Kier molecular flexibility index (Phi) is 3.06. The molecule has 0 spiro atoms. The van der Waals surface area contributed by atoms with Crippen molar-refractivity contribution in [1.82, 2.24) is 4.98 Å². The molecule has 0 saturated carbocycles. The average Bonchev–Trinajstić information content (AvgIpc) is 2.59. The predicted octanol–water partition coefficient (Wildman–Crippen LogP) is 4.37. The van der Waals surface area contributed by atoms with Crippen LogP contribution < -0.4 is 0 Å². The molecule has 0 amide bonds. The summed E-state index contributed by atoms with van der Waals surface area (Å²) in [6, 6.07) is 6.64. The van der Waals surface area contributed by atoms with Crippen LogP contribution in [0.1, 0.15) is 43.7 Å². The van der Waals surface area contributed by atoms with Gasteiger partial charge in [-0.2, -0.15) is 0 Å². The van der Waals surface area contributed by atoms with Gasteiger partial charge in [-0.1, -0.05) is 26.8 Å². The zero-order valence-corrected chi connectivity index (χ0v) is 10.4. The zero-order chi connectivity index (χ0) is 10.8. The van der Waals surface area contributed by atoms with Gasteiger partial charge in [0.2, 0.25) is 0 Å². The monoisotopic (exact) mass is 219 g/mol. The van der Waals surface area contributed by atoms with Crippen LogP contribution in [0.4, 0.5) is 0 Å². The van der Waals surface area contributed by atoms with E-state index < -0.39 is 0 Å². The van der Waals surface area contributed by atoms with Crippen LogP contribution in [0.2, 0.25) is 0 Å². The summed E-state index contributed by atoms with van der Waals surface area (Å²) in [4.78, 5) is 4.62. The van der Waals surface area contributed by atoms with E-state index in [1.807, 2.05) is 11.3 Å². The van der Waals surface area contributed by atoms with Crippen LogP contribution >= 0.6 is 11.3 Å². The van der Waals surface area contributed by atoms with Gasteiger partial charge >= 0.3 is 0 Å². The highest BCUT2D eigenvalue weighted by Gasteiger charge is 2.05. The van der Waals surface area contributed by atoms with Gasteiger partial charge < -0.3 is 0 Å². The summed E-state index contributed by atoms with van der Waals surface area (Å²) < 4.78 is 1.34. The molecule has 0 bridgehead atoms. The van der Waals surface area contributed by atoms with E-state index in [1.54, 1.807) is 0 Å². The molecule has 0 radical (unpaired) electrons. The number of aromatic nitrogens is 1. The molecule has 0 unspecified atom stereocenters. The first-order valence-electron chi connectivity index (χ1n) is 5.60. The minimum absolute atomic E-state index is 0.603. The molecule has 0 aliphatic heterocycles. The summed E-state index contributed by atoms with van der Waals surface area (Å²) in [6.07, 6.45) is 2.28. The number of hydrogen-bond donors (Lipinski definition) is 0. The zero-order valence-electron chi connectivity index (χ0n) is 9.58. The number of rotatable bonds is 3. The van der Waals surface area contributed by atoms with E-state index in [4.69, 9.17) is 0 Å². The third-order valence-corrected chi connectivity index (χ3v) is 3.67. The van der Waals surface area contributed by atoms with Gasteiger partial charge in [-0.3, -0.25) is 0 Å². The minimum Gasteiger partial charge on any atom is -0.241 e. The van der Waals surface area contributed by atoms with Crippen LogP contribution in [0, 0.1) is 0 Å². The van der Waals surface area contributed by atoms with Gasteiger partial charge in [0.15, 0.2) is 0 Å². The first kappa shape index (κ1) is 10.6. The lowest BCUT2D eigenvalue weighted by atomic mass is 10.0. The molecule has 2 aromatic rings. The molecule has 1 heterocycles. The van der Waals surface area contributed by atoms with Crippen molar-refractivity contribution in [3.63, 3.8) is 0 Å². The smallest absolute Gasteiger partial charge is 0.0938 e. The Morgan fingerprint density at radius 2 is 2.13 bits per heavy atom. The predicted molar refractivity (Wildman–Crippen MR) is 67.7 cm³/mol. The lowest BCUT2D eigenvalue weighted by Crippen LogP contribution is -1.85. The first-order valence-corrected chi connectivity index (χ1v) is 6.41. The van der Waals surface area contributed by atoms with Gasteiger partial charge in [-0.05, 0) is 36.5 Å². The molecule has 0 N–H and O–H groups in total. The molecule has 0 aliphatic carbocycles. The Balaban J connectivity index is 2.43. The van der Waals surface area contributed by atoms with E-state index in [0.717, 1.165) is 11.9 Å². The van der Waals surface area contributed by atoms with Crippen LogP contribution in [0.3, 0.4) is 0 Å². The summed E-state index contributed by atoms with van der Waals surface area (Å²) in [5.41, 5.74) is 2.57. The van der Waals surface area contributed by atoms with Crippen molar-refractivity contribution in [2.75, 3.05) is 0 Å². The molecule has 0 saturated heterocycles. The lowest BCUT2D eigenvalue weighted by molar-refractivity contribution is 0.869. The highest BCUT2D eigenvalue weighted by molar-refractivity contribution is 7.18. The van der Waals surface area contributed by atoms with Crippen LogP contribution in [0.25, 0.3) is 10.2 Å². The Bertz CT molecular complexity index is 457. The number of aryl methyl sites for hydroxylation is 1. The second-order valence-electron chi connectivity index (χ2n) is 4.24. The molecular formula is C13H17NS. The highest BCUT2D eigenvalue weighted by atomic mass is 32.1. The van der Waals surface area contributed by atoms with Gasteiger partial charge in [0.05, 0.1) is 15.2 Å². The molecule has 80 valence electrons. The molecule has 0 aliphatic rings. The molecule has 2 heteroatoms. The minimum atomic E-state index is 0.603. The van der Waals surface area contributed by atoms with Crippen molar-refractivity contribution >= 4 is 21.6 Å². The summed E-state index contributed by atoms with van der Waals surface area (Å²) in [5, 5.41) is 1.27. The van der Waals surface area contributed by atoms with Crippen molar-refractivity contribution in [3.05, 3.63) is 28.8 Å². The summed E-state index contributed by atoms with van der Waals surface area (Å²) >= 11 is 1.84. The quantitative estimate of drug-likeness (QED) is 0.747. The van der Waals surface area contributed by atoms with Crippen LogP contribution in [0.15, 0.2) is 18.2 Å². The molecular weight excluding hydrogens is 202 g/mol. The SMILES string of the molecule is CCCc1nc2ccc(C(C)C)cc2s1. The standard InChI is InChI=1S/C13H17NS/c1-4-5-13-14-11-7-6-10(9(2)3)8-12(11)15-13/h6-9H,4-5H2,1-3H3. The van der Waals surface area contributed by atoms with Crippen molar-refractivity contribution < 1.29 is 0 Å². The van der Waals surface area contributed by atoms with Crippen molar-refractivity contribution in [3.8, 4) is 0 Å². The maximum Gasteiger partial charge on any atom is 0.0938 e. The number of fused-ring (bicyclic) bond motifs is 1. The fourth-order valence-corrected chi connectivity index (χ4v) is 2.79. The van der Waals surface area contributed by atoms with Crippen LogP contribution in [-0.4, -0.2) is 4.98 Å². The fourth-order valence-electron chi connectivity index (χ4n) is 1.67. The second kappa shape index (κ2) is 4.31. The molecule has 1 aromatic heterocycles. The van der Waals surface area contributed by atoms with Crippen molar-refractivity contribution in [2.45, 2.75) is 39.5 Å². The number of benzene rings is 1. The maximum atomic E-state index is 4.62. The van der Waals surface area contributed by atoms with Gasteiger partial charge in [0.25, 0.3) is 0 Å². The van der Waals surface area contributed by atoms with E-state index >= 15 is 0 Å². The van der Waals surface area contributed by atoms with E-state index in [-0.39, 0.29) is 0 Å². The van der Waals surface area contributed by atoms with E-state index in [9.17, 15) is 0 Å². The molecule has 2 rings (SSSR count). The molecule has 0 fully saturated rings. The molecule has 1 aromatic carbocycles. The average molecular weight is 219 g/mol. The molecule has 15 heavy (non-hydrogen) atoms. The van der Waals surface area contributed by atoms with E-state index in [0.29, 0.717) is 5.92 Å². The van der Waals surface area contributed by atoms with Gasteiger partial charge in [-0.25, -0.2) is 4.98 Å². The Hall–Kier alpha value is -0.890. The van der Waals surface area contributed by atoms with Crippen LogP contribution in [-0.2, 0) is 6.42 Å². The van der Waals surface area contributed by atoms with Crippen molar-refractivity contribution in [1.29, 1.82) is 0 Å². The first-order chi connectivity index (χ1) is 7.20. The lowest BCUT2D eigenvalue weighted by Gasteiger charge is -2.03. The summed E-state index contributed by atoms with van der Waals surface area (Å²) in [5.74, 6) is 0.603. The Morgan fingerprint density at radius 3 is 2.80 bits per heavy atom. The summed E-state index contributed by atoms with van der Waals surface area (Å²) in [7, 11) is 0. The van der Waals surface area contributed by atoms with Crippen molar-refractivity contribution in [2.24, 2.45) is 0 Å². The number of hydrogen-bond acceptors (Lipinski definition) is 2. The Labute approximate surface area is 95.2 Å². The van der Waals surface area contributed by atoms with E-state index in [2.05, 4.69) is 44.0 Å². The van der Waals surface area contributed by atoms with Crippen LogP contribution in [0.5, 0.6) is 0 Å². The summed E-state index contributed by atoms with van der Waals surface area (Å²) in [6.45, 7) is 6.66. The highest BCUT2D eigenvalue weighted by Crippen LogP contribution is 2.26. The second-order valence-corrected chi connectivity index (χ2v) is 5.35. The van der Waals surface area contributed by atoms with Gasteiger partial charge in [-0.15, -0.1) is 11.3 Å². The molecule has 0 atom stereocenters. The van der Waals surface area contributed by atoms with E-state index in [1.165, 1.54) is 21.7 Å². The number of nitrogens with zero attached hydrogens (tertiary/aromatic N) is 1. The van der Waals surface area contributed by atoms with Gasteiger partial charge in [0, 0.05) is 0 Å².